The van der Waals surface area contributed by atoms with Crippen molar-refractivity contribution < 1.29 is 19.1 Å². The lowest BCUT2D eigenvalue weighted by Gasteiger charge is -2.08. The second kappa shape index (κ2) is 4.78. The fraction of sp³-hybridized carbons (Fsp3) is 0.333. The quantitative estimate of drug-likeness (QED) is 0.718. The zero-order chi connectivity index (χ0) is 10.6. The van der Waals surface area contributed by atoms with Crippen LogP contribution in [0, 0.1) is 5.82 Å². The lowest BCUT2D eigenvalue weighted by molar-refractivity contribution is 0.0860. The molecule has 0 bridgehead atoms. The van der Waals surface area contributed by atoms with E-state index in [1.165, 1.54) is 20.3 Å². The molecule has 78 valence electrons. The van der Waals surface area contributed by atoms with E-state index in [0.29, 0.717) is 5.56 Å². The number of hydroxylamine groups is 1. The number of phenolic OH excluding ortho intramolecular Hbond substituents is 1. The average Bonchev–Trinajstić information content (AvgIpc) is 2.17. The van der Waals surface area contributed by atoms with E-state index < -0.39 is 5.82 Å². The van der Waals surface area contributed by atoms with Gasteiger partial charge < -0.3 is 14.7 Å². The summed E-state index contributed by atoms with van der Waals surface area (Å²) in [5.74, 6) is -0.630. The molecule has 14 heavy (non-hydrogen) atoms. The molecule has 1 aromatic rings. The Morgan fingerprint density at radius 3 is 2.71 bits per heavy atom. The van der Waals surface area contributed by atoms with Gasteiger partial charge in [-0.1, -0.05) is 0 Å². The van der Waals surface area contributed by atoms with E-state index in [-0.39, 0.29) is 18.0 Å². The summed E-state index contributed by atoms with van der Waals surface area (Å²) in [6.07, 6.45) is 0. The number of hydrogen-bond donors (Lipinski definition) is 2. The van der Waals surface area contributed by atoms with E-state index in [9.17, 15) is 9.50 Å². The van der Waals surface area contributed by atoms with Crippen LogP contribution in [0.25, 0.3) is 0 Å². The molecule has 0 saturated heterocycles. The molecule has 0 aliphatic heterocycles. The van der Waals surface area contributed by atoms with Crippen LogP contribution in [-0.4, -0.2) is 19.3 Å². The first-order chi connectivity index (χ1) is 6.69. The van der Waals surface area contributed by atoms with Crippen molar-refractivity contribution in [3.05, 3.63) is 23.5 Å². The maximum Gasteiger partial charge on any atom is 0.168 e. The largest absolute Gasteiger partial charge is 0.508 e. The monoisotopic (exact) mass is 201 g/mol. The van der Waals surface area contributed by atoms with Gasteiger partial charge in [0.1, 0.15) is 5.75 Å². The van der Waals surface area contributed by atoms with Crippen molar-refractivity contribution in [1.29, 1.82) is 0 Å². The molecule has 0 amide bonds. The standard InChI is InChI=1S/C9H12FNO3/c1-13-9-3-6(5-11-14-2)8(12)4-7(9)10/h3-4,11-12H,5H2,1-2H3. The lowest BCUT2D eigenvalue weighted by atomic mass is 10.2. The highest BCUT2D eigenvalue weighted by Crippen LogP contribution is 2.26. The fourth-order valence-electron chi connectivity index (χ4n) is 1.03. The van der Waals surface area contributed by atoms with Gasteiger partial charge in [-0.15, -0.1) is 0 Å². The van der Waals surface area contributed by atoms with Crippen molar-refractivity contribution in [2.24, 2.45) is 0 Å². The Balaban J connectivity index is 2.92. The first kappa shape index (κ1) is 10.7. The zero-order valence-corrected chi connectivity index (χ0v) is 8.00. The third-order valence-corrected chi connectivity index (χ3v) is 1.76. The molecule has 0 heterocycles. The van der Waals surface area contributed by atoms with Gasteiger partial charge in [-0.25, -0.2) is 4.39 Å². The normalized spacial score (nSPS) is 10.2. The van der Waals surface area contributed by atoms with Crippen molar-refractivity contribution in [2.75, 3.05) is 14.2 Å². The van der Waals surface area contributed by atoms with Gasteiger partial charge in [-0.3, -0.25) is 0 Å². The predicted molar refractivity (Wildman–Crippen MR) is 48.5 cm³/mol. The van der Waals surface area contributed by atoms with E-state index in [1.54, 1.807) is 0 Å². The van der Waals surface area contributed by atoms with Gasteiger partial charge in [0.05, 0.1) is 14.2 Å². The summed E-state index contributed by atoms with van der Waals surface area (Å²) in [6.45, 7) is 0.277. The summed E-state index contributed by atoms with van der Waals surface area (Å²) in [6, 6.07) is 2.42. The van der Waals surface area contributed by atoms with Crippen LogP contribution in [0.2, 0.25) is 0 Å². The smallest absolute Gasteiger partial charge is 0.168 e. The predicted octanol–water partition coefficient (Wildman–Crippen LogP) is 1.19. The van der Waals surface area contributed by atoms with Crippen molar-refractivity contribution in [1.82, 2.24) is 5.48 Å². The van der Waals surface area contributed by atoms with E-state index in [4.69, 9.17) is 4.74 Å². The summed E-state index contributed by atoms with van der Waals surface area (Å²) >= 11 is 0. The Bertz CT molecular complexity index is 317. The number of hydrogen-bond acceptors (Lipinski definition) is 4. The molecule has 0 aliphatic rings. The molecule has 0 radical (unpaired) electrons. The molecule has 0 atom stereocenters. The van der Waals surface area contributed by atoms with Crippen LogP contribution in [0.15, 0.2) is 12.1 Å². The molecule has 0 saturated carbocycles. The van der Waals surface area contributed by atoms with Crippen molar-refractivity contribution >= 4 is 0 Å². The number of halogens is 1. The highest BCUT2D eigenvalue weighted by atomic mass is 19.1. The Hall–Kier alpha value is -1.33. The van der Waals surface area contributed by atoms with E-state index in [2.05, 4.69) is 10.3 Å². The molecular formula is C9H12FNO3. The second-order valence-corrected chi connectivity index (χ2v) is 2.64. The third-order valence-electron chi connectivity index (χ3n) is 1.76. The number of rotatable bonds is 4. The third kappa shape index (κ3) is 2.34. The maximum absolute atomic E-state index is 13.0. The molecule has 1 aromatic carbocycles. The van der Waals surface area contributed by atoms with Gasteiger partial charge in [0.15, 0.2) is 11.6 Å². The van der Waals surface area contributed by atoms with Gasteiger partial charge in [0.25, 0.3) is 0 Å². The number of benzene rings is 1. The first-order valence-corrected chi connectivity index (χ1v) is 4.00. The molecule has 4 nitrogen and oxygen atoms in total. The van der Waals surface area contributed by atoms with Gasteiger partial charge in [-0.05, 0) is 6.07 Å². The Morgan fingerprint density at radius 2 is 2.14 bits per heavy atom. The van der Waals surface area contributed by atoms with Gasteiger partial charge in [0.2, 0.25) is 0 Å². The summed E-state index contributed by atoms with van der Waals surface area (Å²) in [4.78, 5) is 4.61. The molecule has 0 unspecified atom stereocenters. The van der Waals surface area contributed by atoms with Crippen LogP contribution in [0.5, 0.6) is 11.5 Å². The van der Waals surface area contributed by atoms with Crippen LogP contribution < -0.4 is 10.2 Å². The molecule has 0 spiro atoms. The summed E-state index contributed by atoms with van der Waals surface area (Å²) in [7, 11) is 2.82. The molecular weight excluding hydrogens is 189 g/mol. The van der Waals surface area contributed by atoms with E-state index >= 15 is 0 Å². The van der Waals surface area contributed by atoms with E-state index in [0.717, 1.165) is 6.07 Å². The van der Waals surface area contributed by atoms with Crippen LogP contribution in [0.3, 0.4) is 0 Å². The highest BCUT2D eigenvalue weighted by molar-refractivity contribution is 5.40. The minimum absolute atomic E-state index is 0.0932. The first-order valence-electron chi connectivity index (χ1n) is 4.00. The Labute approximate surface area is 81.2 Å². The molecule has 0 fully saturated rings. The number of methoxy groups -OCH3 is 1. The van der Waals surface area contributed by atoms with Gasteiger partial charge in [-0.2, -0.15) is 5.48 Å². The maximum atomic E-state index is 13.0. The minimum Gasteiger partial charge on any atom is -0.508 e. The Morgan fingerprint density at radius 1 is 1.43 bits per heavy atom. The second-order valence-electron chi connectivity index (χ2n) is 2.64. The fourth-order valence-corrected chi connectivity index (χ4v) is 1.03. The number of ether oxygens (including phenoxy) is 1. The highest BCUT2D eigenvalue weighted by Gasteiger charge is 2.08. The number of aromatic hydroxyl groups is 1. The van der Waals surface area contributed by atoms with Gasteiger partial charge in [0, 0.05) is 18.2 Å². The zero-order valence-electron chi connectivity index (χ0n) is 8.00. The summed E-state index contributed by atoms with van der Waals surface area (Å²) < 4.78 is 17.8. The SMILES string of the molecule is CONCc1cc(OC)c(F)cc1O. The van der Waals surface area contributed by atoms with Crippen LogP contribution >= 0.6 is 0 Å². The van der Waals surface area contributed by atoms with Crippen LogP contribution in [0.1, 0.15) is 5.56 Å². The topological polar surface area (TPSA) is 50.7 Å². The summed E-state index contributed by atoms with van der Waals surface area (Å²) in [5.41, 5.74) is 3.04. The lowest BCUT2D eigenvalue weighted by Crippen LogP contribution is -2.11. The van der Waals surface area contributed by atoms with E-state index in [1.807, 2.05) is 0 Å². The number of nitrogens with one attached hydrogen (secondary N) is 1. The minimum atomic E-state index is -0.592. The Kier molecular flexibility index (Phi) is 3.67. The molecule has 5 heteroatoms. The van der Waals surface area contributed by atoms with Gasteiger partial charge >= 0.3 is 0 Å². The molecule has 0 aromatic heterocycles. The molecule has 0 aliphatic carbocycles. The van der Waals surface area contributed by atoms with Crippen molar-refractivity contribution in [3.8, 4) is 11.5 Å². The summed E-state index contributed by atoms with van der Waals surface area (Å²) in [5, 5.41) is 9.35. The van der Waals surface area contributed by atoms with Crippen molar-refractivity contribution in [2.45, 2.75) is 6.54 Å². The molecule has 2 N–H and O–H groups in total. The van der Waals surface area contributed by atoms with Crippen LogP contribution in [-0.2, 0) is 11.4 Å². The average molecular weight is 201 g/mol. The van der Waals surface area contributed by atoms with Crippen LogP contribution in [0.4, 0.5) is 4.39 Å². The van der Waals surface area contributed by atoms with Crippen molar-refractivity contribution in [3.63, 3.8) is 0 Å². The number of phenols is 1. The molecule has 1 rings (SSSR count).